The molecular weight excluding hydrogens is 244 g/mol. The summed E-state index contributed by atoms with van der Waals surface area (Å²) in [5, 5.41) is 0. The van der Waals surface area contributed by atoms with Gasteiger partial charge in [0, 0.05) is 11.5 Å². The van der Waals surface area contributed by atoms with Crippen molar-refractivity contribution in [3.8, 4) is 0 Å². The molecule has 0 aromatic carbocycles. The Morgan fingerprint density at radius 1 is 1.37 bits per heavy atom. The third kappa shape index (κ3) is 1.39. The number of esters is 1. The Balaban J connectivity index is 1.64. The van der Waals surface area contributed by atoms with Crippen molar-refractivity contribution < 1.29 is 19.0 Å². The van der Waals surface area contributed by atoms with Gasteiger partial charge in [0.05, 0.1) is 11.7 Å². The Kier molecular flexibility index (Phi) is 2.26. The summed E-state index contributed by atoms with van der Waals surface area (Å²) in [5.41, 5.74) is 0.365. The predicted octanol–water partition coefficient (Wildman–Crippen LogP) is 1.83. The fourth-order valence-corrected chi connectivity index (χ4v) is 4.73. The van der Waals surface area contributed by atoms with Crippen molar-refractivity contribution in [3.05, 3.63) is 12.2 Å². The number of hydrogen-bond acceptors (Lipinski definition) is 4. The Hall–Kier alpha value is -0.870. The van der Waals surface area contributed by atoms with E-state index < -0.39 is 0 Å². The molecule has 0 aromatic rings. The average molecular weight is 264 g/mol. The van der Waals surface area contributed by atoms with Gasteiger partial charge in [-0.05, 0) is 32.6 Å². The van der Waals surface area contributed by atoms with Gasteiger partial charge in [0.1, 0.15) is 12.2 Å². The quantitative estimate of drug-likeness (QED) is 0.564. The van der Waals surface area contributed by atoms with Crippen LogP contribution in [-0.4, -0.2) is 36.0 Å². The lowest BCUT2D eigenvalue weighted by Gasteiger charge is -2.38. The molecule has 0 radical (unpaired) electrons. The van der Waals surface area contributed by atoms with E-state index in [0.29, 0.717) is 17.4 Å². The van der Waals surface area contributed by atoms with Crippen molar-refractivity contribution in [2.45, 2.75) is 63.1 Å². The number of hydrogen-bond donors (Lipinski definition) is 0. The molecule has 4 aliphatic rings. The first kappa shape index (κ1) is 11.9. The van der Waals surface area contributed by atoms with Crippen LogP contribution < -0.4 is 0 Å². The second-order valence-electron chi connectivity index (χ2n) is 6.69. The van der Waals surface area contributed by atoms with Gasteiger partial charge in [0.2, 0.25) is 0 Å². The molecule has 0 amide bonds. The van der Waals surface area contributed by atoms with Crippen LogP contribution in [0.15, 0.2) is 12.2 Å². The van der Waals surface area contributed by atoms with E-state index in [-0.39, 0.29) is 36.0 Å². The molecule has 2 bridgehead atoms. The molecule has 1 saturated carbocycles. The molecule has 3 saturated heterocycles. The van der Waals surface area contributed by atoms with Crippen LogP contribution in [0.25, 0.3) is 0 Å². The third-order valence-electron chi connectivity index (χ3n) is 5.44. The molecule has 4 fully saturated rings. The van der Waals surface area contributed by atoms with Crippen LogP contribution in [0.3, 0.4) is 0 Å². The van der Waals surface area contributed by atoms with E-state index in [9.17, 15) is 4.79 Å². The van der Waals surface area contributed by atoms with Crippen LogP contribution in [0.2, 0.25) is 0 Å². The second-order valence-corrected chi connectivity index (χ2v) is 6.69. The number of fused-ring (bicyclic) bond motifs is 2. The Morgan fingerprint density at radius 3 is 2.89 bits per heavy atom. The summed E-state index contributed by atoms with van der Waals surface area (Å²) in [4.78, 5) is 11.8. The fourth-order valence-electron chi connectivity index (χ4n) is 4.73. The van der Waals surface area contributed by atoms with Gasteiger partial charge < -0.3 is 14.2 Å². The standard InChI is InChI=1S/C15H20O4/c1-7(2)14(16)18-12-10-8-5-4-6-15(3)9(8)11(17-10)13(12)19-15/h8-13H,1,4-6H2,2-3H3. The van der Waals surface area contributed by atoms with Crippen molar-refractivity contribution in [2.75, 3.05) is 0 Å². The Morgan fingerprint density at radius 2 is 2.16 bits per heavy atom. The molecular formula is C15H20O4. The lowest BCUT2D eigenvalue weighted by atomic mass is 9.65. The summed E-state index contributed by atoms with van der Waals surface area (Å²) in [6.45, 7) is 7.52. The number of carbonyl (C=O) groups is 1. The molecule has 3 heterocycles. The molecule has 4 rings (SSSR count). The van der Waals surface area contributed by atoms with Gasteiger partial charge in [-0.25, -0.2) is 4.79 Å². The number of ether oxygens (including phenoxy) is 3. The highest BCUT2D eigenvalue weighted by Crippen LogP contribution is 2.61. The number of rotatable bonds is 2. The zero-order valence-corrected chi connectivity index (χ0v) is 11.4. The first-order valence-corrected chi connectivity index (χ1v) is 7.21. The SMILES string of the molecule is C=C(C)C(=O)OC1C2OC3C1OC1(C)CCCC2C31. The van der Waals surface area contributed by atoms with Gasteiger partial charge in [-0.2, -0.15) is 0 Å². The fraction of sp³-hybridized carbons (Fsp3) is 0.800. The maximum Gasteiger partial charge on any atom is 0.333 e. The lowest BCUT2D eigenvalue weighted by molar-refractivity contribution is -0.154. The Labute approximate surface area is 113 Å². The van der Waals surface area contributed by atoms with Crippen molar-refractivity contribution in [1.82, 2.24) is 0 Å². The summed E-state index contributed by atoms with van der Waals surface area (Å²) in [6.07, 6.45) is 3.29. The maximum absolute atomic E-state index is 11.8. The summed E-state index contributed by atoms with van der Waals surface area (Å²) < 4.78 is 18.0. The van der Waals surface area contributed by atoms with Gasteiger partial charge >= 0.3 is 5.97 Å². The highest BCUT2D eigenvalue weighted by atomic mass is 16.6. The van der Waals surface area contributed by atoms with Gasteiger partial charge in [0.15, 0.2) is 6.10 Å². The summed E-state index contributed by atoms with van der Waals surface area (Å²) >= 11 is 0. The van der Waals surface area contributed by atoms with Crippen molar-refractivity contribution in [2.24, 2.45) is 11.8 Å². The molecule has 1 aliphatic carbocycles. The molecule has 7 atom stereocenters. The molecule has 0 aromatic heterocycles. The van der Waals surface area contributed by atoms with Crippen LogP contribution in [0.4, 0.5) is 0 Å². The molecule has 3 aliphatic heterocycles. The van der Waals surface area contributed by atoms with Gasteiger partial charge in [-0.1, -0.05) is 13.0 Å². The minimum absolute atomic E-state index is 0.0328. The van der Waals surface area contributed by atoms with E-state index in [4.69, 9.17) is 14.2 Å². The highest BCUT2D eigenvalue weighted by molar-refractivity contribution is 5.87. The molecule has 104 valence electrons. The first-order chi connectivity index (χ1) is 9.01. The zero-order chi connectivity index (χ0) is 13.4. The van der Waals surface area contributed by atoms with E-state index in [0.717, 1.165) is 6.42 Å². The normalized spacial score (nSPS) is 53.4. The van der Waals surface area contributed by atoms with Crippen LogP contribution in [0.5, 0.6) is 0 Å². The van der Waals surface area contributed by atoms with E-state index in [1.807, 2.05) is 0 Å². The summed E-state index contributed by atoms with van der Waals surface area (Å²) in [7, 11) is 0. The lowest BCUT2D eigenvalue weighted by Crippen LogP contribution is -2.47. The smallest absolute Gasteiger partial charge is 0.333 e. The maximum atomic E-state index is 11.8. The second kappa shape index (κ2) is 3.61. The topological polar surface area (TPSA) is 44.8 Å². The van der Waals surface area contributed by atoms with Crippen molar-refractivity contribution >= 4 is 5.97 Å². The summed E-state index contributed by atoms with van der Waals surface area (Å²) in [6, 6.07) is 0. The van der Waals surface area contributed by atoms with Crippen LogP contribution >= 0.6 is 0 Å². The van der Waals surface area contributed by atoms with Crippen LogP contribution in [-0.2, 0) is 19.0 Å². The summed E-state index contributed by atoms with van der Waals surface area (Å²) in [5.74, 6) is 0.661. The highest BCUT2D eigenvalue weighted by Gasteiger charge is 2.72. The minimum atomic E-state index is -0.326. The third-order valence-corrected chi connectivity index (χ3v) is 5.44. The molecule has 4 nitrogen and oxygen atoms in total. The van der Waals surface area contributed by atoms with Gasteiger partial charge in [-0.3, -0.25) is 0 Å². The van der Waals surface area contributed by atoms with E-state index >= 15 is 0 Å². The average Bonchev–Trinajstić information content (AvgIpc) is 2.95. The van der Waals surface area contributed by atoms with Crippen molar-refractivity contribution in [3.63, 3.8) is 0 Å². The molecule has 0 N–H and O–H groups in total. The number of carbonyl (C=O) groups excluding carboxylic acids is 1. The molecule has 4 heteroatoms. The van der Waals surface area contributed by atoms with E-state index in [1.54, 1.807) is 6.92 Å². The van der Waals surface area contributed by atoms with Gasteiger partial charge in [0.25, 0.3) is 0 Å². The van der Waals surface area contributed by atoms with Crippen molar-refractivity contribution in [1.29, 1.82) is 0 Å². The Bertz CT molecular complexity index is 457. The van der Waals surface area contributed by atoms with Crippen LogP contribution in [0.1, 0.15) is 33.1 Å². The largest absolute Gasteiger partial charge is 0.453 e. The molecule has 19 heavy (non-hydrogen) atoms. The first-order valence-electron chi connectivity index (χ1n) is 7.21. The zero-order valence-electron chi connectivity index (χ0n) is 11.4. The predicted molar refractivity (Wildman–Crippen MR) is 67.5 cm³/mol. The minimum Gasteiger partial charge on any atom is -0.453 e. The monoisotopic (exact) mass is 264 g/mol. The van der Waals surface area contributed by atoms with E-state index in [2.05, 4.69) is 13.5 Å². The van der Waals surface area contributed by atoms with E-state index in [1.165, 1.54) is 12.8 Å². The molecule has 7 unspecified atom stereocenters. The van der Waals surface area contributed by atoms with Gasteiger partial charge in [-0.15, -0.1) is 0 Å². The molecule has 0 spiro atoms. The van der Waals surface area contributed by atoms with Crippen LogP contribution in [0, 0.1) is 11.8 Å².